The molecule has 1 aromatic heterocycles. The van der Waals surface area contributed by atoms with Crippen LogP contribution in [0.1, 0.15) is 10.6 Å². The van der Waals surface area contributed by atoms with Crippen LogP contribution in [-0.4, -0.2) is 83.1 Å². The maximum atomic E-state index is 12.0. The van der Waals surface area contributed by atoms with Crippen LogP contribution in [0.25, 0.3) is 0 Å². The highest BCUT2D eigenvalue weighted by atomic mass is 16.5. The molecular weight excluding hydrogens is 240 g/mol. The minimum absolute atomic E-state index is 0.0519. The van der Waals surface area contributed by atoms with Gasteiger partial charge in [-0.1, -0.05) is 0 Å². The molecule has 18 heavy (non-hydrogen) atoms. The van der Waals surface area contributed by atoms with E-state index in [0.717, 1.165) is 0 Å². The highest BCUT2D eigenvalue weighted by Crippen LogP contribution is 1.98. The van der Waals surface area contributed by atoms with Gasteiger partial charge in [0.15, 0.2) is 0 Å². The van der Waals surface area contributed by atoms with E-state index >= 15 is 0 Å². The third-order valence-electron chi connectivity index (χ3n) is 2.21. The lowest BCUT2D eigenvalue weighted by molar-refractivity contribution is -0.129. The Kier molecular flexibility index (Phi) is 5.18. The van der Waals surface area contributed by atoms with Crippen molar-refractivity contribution in [2.45, 2.75) is 0 Å². The number of aromatic nitrogens is 4. The topological polar surface area (TPSA) is 104 Å². The molecule has 0 aliphatic carbocycles. The van der Waals surface area contributed by atoms with Gasteiger partial charge in [0, 0.05) is 27.7 Å². The zero-order valence-electron chi connectivity index (χ0n) is 10.6. The Morgan fingerprint density at radius 2 is 2.11 bits per heavy atom. The van der Waals surface area contributed by atoms with Crippen LogP contribution < -0.4 is 0 Å². The zero-order chi connectivity index (χ0) is 13.5. The minimum atomic E-state index is -0.462. The second kappa shape index (κ2) is 6.64. The van der Waals surface area contributed by atoms with Gasteiger partial charge >= 0.3 is 0 Å². The lowest BCUT2D eigenvalue weighted by Gasteiger charge is -2.22. The maximum absolute atomic E-state index is 12.0. The van der Waals surface area contributed by atoms with Gasteiger partial charge in [0.1, 0.15) is 6.54 Å². The summed E-state index contributed by atoms with van der Waals surface area (Å²) in [5, 5.41) is 12.7. The van der Waals surface area contributed by atoms with Crippen molar-refractivity contribution >= 4 is 11.8 Å². The molecule has 0 radical (unpaired) electrons. The highest BCUT2D eigenvalue weighted by Gasteiger charge is 2.22. The Bertz CT molecular complexity index is 391. The molecule has 0 unspecified atom stereocenters. The molecule has 1 rings (SSSR count). The van der Waals surface area contributed by atoms with E-state index < -0.39 is 5.91 Å². The Labute approximate surface area is 104 Å². The summed E-state index contributed by atoms with van der Waals surface area (Å²) in [6.45, 7) is 0.553. The number of tetrazole rings is 1. The molecule has 0 spiro atoms. The lowest BCUT2D eigenvalue weighted by atomic mass is 10.4. The van der Waals surface area contributed by atoms with Crippen molar-refractivity contribution in [3.8, 4) is 0 Å². The number of carbonyl (C=O) groups is 2. The normalized spacial score (nSPS) is 10.2. The molecule has 0 fully saturated rings. The molecule has 9 heteroatoms. The molecule has 1 aromatic rings. The van der Waals surface area contributed by atoms with E-state index in [1.807, 2.05) is 0 Å². The third kappa shape index (κ3) is 3.77. The Morgan fingerprint density at radius 3 is 2.61 bits per heavy atom. The monoisotopic (exact) mass is 256 g/mol. The molecule has 0 aromatic carbocycles. The van der Waals surface area contributed by atoms with E-state index in [0.29, 0.717) is 6.61 Å². The van der Waals surface area contributed by atoms with Crippen LogP contribution >= 0.6 is 0 Å². The number of rotatable bonds is 6. The van der Waals surface area contributed by atoms with Crippen LogP contribution in [0.15, 0.2) is 0 Å². The predicted molar refractivity (Wildman–Crippen MR) is 60.7 cm³/mol. The summed E-state index contributed by atoms with van der Waals surface area (Å²) in [5.74, 6) is -0.725. The molecule has 100 valence electrons. The maximum Gasteiger partial charge on any atom is 0.296 e. The van der Waals surface area contributed by atoms with Crippen molar-refractivity contribution in [3.63, 3.8) is 0 Å². The average molecular weight is 256 g/mol. The van der Waals surface area contributed by atoms with Crippen LogP contribution in [0.2, 0.25) is 0 Å². The number of carbonyl (C=O) groups excluding carboxylic acids is 2. The number of amides is 2. The summed E-state index contributed by atoms with van der Waals surface area (Å²) in [4.78, 5) is 26.3. The Balaban J connectivity index is 2.71. The molecule has 0 aliphatic heterocycles. The van der Waals surface area contributed by atoms with E-state index in [1.54, 1.807) is 14.1 Å². The molecule has 0 bridgehead atoms. The zero-order valence-corrected chi connectivity index (χ0v) is 10.6. The van der Waals surface area contributed by atoms with Gasteiger partial charge in [-0.05, 0) is 5.21 Å². The van der Waals surface area contributed by atoms with Crippen LogP contribution in [0.3, 0.4) is 0 Å². The number of methoxy groups -OCH3 is 1. The number of likely N-dealkylation sites (N-methyl/N-ethyl adjacent to an activating group) is 1. The molecule has 2 amide bonds. The molecular formula is C9H16N6O3. The smallest absolute Gasteiger partial charge is 0.296 e. The summed E-state index contributed by atoms with van der Waals surface area (Å²) >= 11 is 0. The molecule has 1 N–H and O–H groups in total. The van der Waals surface area contributed by atoms with Gasteiger partial charge in [-0.25, -0.2) is 0 Å². The predicted octanol–water partition coefficient (Wildman–Crippen LogP) is -1.62. The quantitative estimate of drug-likeness (QED) is 0.655. The number of nitrogens with zero attached hydrogens (tertiary/aromatic N) is 5. The number of aromatic amines is 1. The second-order valence-electron chi connectivity index (χ2n) is 3.74. The molecule has 0 atom stereocenters. The van der Waals surface area contributed by atoms with Gasteiger partial charge in [-0.15, -0.1) is 10.2 Å². The molecule has 1 heterocycles. The van der Waals surface area contributed by atoms with Gasteiger partial charge < -0.3 is 14.5 Å². The second-order valence-corrected chi connectivity index (χ2v) is 3.74. The van der Waals surface area contributed by atoms with Gasteiger partial charge in [-0.2, -0.15) is 5.21 Å². The summed E-state index contributed by atoms with van der Waals surface area (Å²) in [5.41, 5.74) is 0. The fourth-order valence-electron chi connectivity index (χ4n) is 1.15. The van der Waals surface area contributed by atoms with E-state index in [-0.39, 0.29) is 24.8 Å². The third-order valence-corrected chi connectivity index (χ3v) is 2.21. The van der Waals surface area contributed by atoms with Crippen molar-refractivity contribution < 1.29 is 14.3 Å². The highest BCUT2D eigenvalue weighted by molar-refractivity contribution is 5.93. The van der Waals surface area contributed by atoms with Gasteiger partial charge in [0.2, 0.25) is 5.91 Å². The van der Waals surface area contributed by atoms with Crippen molar-refractivity contribution in [3.05, 3.63) is 5.82 Å². The molecule has 9 nitrogen and oxygen atoms in total. The van der Waals surface area contributed by atoms with Crippen molar-refractivity contribution in [2.24, 2.45) is 0 Å². The molecule has 0 saturated carbocycles. The van der Waals surface area contributed by atoms with Crippen LogP contribution in [0, 0.1) is 0 Å². The van der Waals surface area contributed by atoms with E-state index in [4.69, 9.17) is 4.74 Å². The van der Waals surface area contributed by atoms with Gasteiger partial charge in [-0.3, -0.25) is 9.59 Å². The summed E-state index contributed by atoms with van der Waals surface area (Å²) in [6, 6.07) is 0. The number of hydrogen-bond donors (Lipinski definition) is 1. The summed E-state index contributed by atoms with van der Waals surface area (Å²) in [7, 11) is 4.76. The van der Waals surface area contributed by atoms with Gasteiger partial charge in [0.05, 0.1) is 6.61 Å². The largest absolute Gasteiger partial charge is 0.383 e. The molecule has 0 saturated heterocycles. The lowest BCUT2D eigenvalue weighted by Crippen LogP contribution is -2.42. The fraction of sp³-hybridized carbons (Fsp3) is 0.667. The first-order valence-corrected chi connectivity index (χ1v) is 5.28. The first kappa shape index (κ1) is 14.0. The van der Waals surface area contributed by atoms with Crippen LogP contribution in [-0.2, 0) is 9.53 Å². The summed E-state index contributed by atoms with van der Waals surface area (Å²) in [6.07, 6.45) is 0. The van der Waals surface area contributed by atoms with Gasteiger partial charge in [0.25, 0.3) is 11.7 Å². The van der Waals surface area contributed by atoms with E-state index in [2.05, 4.69) is 20.6 Å². The Morgan fingerprint density at radius 1 is 1.39 bits per heavy atom. The number of hydrogen-bond acceptors (Lipinski definition) is 6. The van der Waals surface area contributed by atoms with Crippen LogP contribution in [0.5, 0.6) is 0 Å². The average Bonchev–Trinajstić information content (AvgIpc) is 2.86. The summed E-state index contributed by atoms with van der Waals surface area (Å²) < 4.78 is 4.90. The Hall–Kier alpha value is -2.03. The number of nitrogens with one attached hydrogen (secondary N) is 1. The van der Waals surface area contributed by atoms with Crippen LogP contribution in [0.4, 0.5) is 0 Å². The van der Waals surface area contributed by atoms with Crippen molar-refractivity contribution in [1.29, 1.82) is 0 Å². The van der Waals surface area contributed by atoms with E-state index in [1.165, 1.54) is 16.9 Å². The first-order chi connectivity index (χ1) is 8.56. The standard InChI is InChI=1S/C9H16N6O3/c1-14(2)7(16)6-15(4-5-18-3)9(17)8-10-12-13-11-8/h4-6H2,1-3H3,(H,10,11,12,13). The minimum Gasteiger partial charge on any atom is -0.383 e. The van der Waals surface area contributed by atoms with Crippen molar-refractivity contribution in [2.75, 3.05) is 40.9 Å². The molecule has 0 aliphatic rings. The fourth-order valence-corrected chi connectivity index (χ4v) is 1.15. The number of H-pyrrole nitrogens is 1. The number of ether oxygens (including phenoxy) is 1. The SMILES string of the molecule is COCCN(CC(=O)N(C)C)C(=O)c1nn[nH]n1. The first-order valence-electron chi connectivity index (χ1n) is 5.28. The van der Waals surface area contributed by atoms with E-state index in [9.17, 15) is 9.59 Å². The van der Waals surface area contributed by atoms with Crippen molar-refractivity contribution in [1.82, 2.24) is 30.4 Å².